The smallest absolute Gasteiger partial charge is 0.379 e. The van der Waals surface area contributed by atoms with Crippen LogP contribution in [0.15, 0.2) is 35.2 Å². The number of aromatic nitrogens is 5. The number of aryl methyl sites for hydroxylation is 1. The molecule has 0 unspecified atom stereocenters. The maximum atomic E-state index is 13.3. The second kappa shape index (κ2) is 7.97. The van der Waals surface area contributed by atoms with Gasteiger partial charge in [-0.1, -0.05) is 0 Å². The molecule has 0 saturated carbocycles. The Morgan fingerprint density at radius 2 is 1.59 bits per heavy atom. The first-order chi connectivity index (χ1) is 14.5. The van der Waals surface area contributed by atoms with E-state index in [4.69, 9.17) is 5.73 Å². The molecule has 0 amide bonds. The second-order valence-corrected chi connectivity index (χ2v) is 6.53. The third-order valence-corrected chi connectivity index (χ3v) is 4.59. The summed E-state index contributed by atoms with van der Waals surface area (Å²) in [5.74, 6) is 0.117. The van der Waals surface area contributed by atoms with E-state index < -0.39 is 23.5 Å². The SMILES string of the molecule is CCn1c(-c2nonc2N)nc2cncc(-c3cc(C(F)(F)F)cc(C(F)(F)F)c3)c21.Cl. The van der Waals surface area contributed by atoms with E-state index >= 15 is 0 Å². The van der Waals surface area contributed by atoms with Crippen molar-refractivity contribution in [3.63, 3.8) is 0 Å². The number of anilines is 1. The molecule has 3 heterocycles. The number of nitrogens with zero attached hydrogens (tertiary/aromatic N) is 5. The van der Waals surface area contributed by atoms with Crippen LogP contribution in [0.4, 0.5) is 32.2 Å². The standard InChI is InChI=1S/C18H12F6N6O.ClH/c1-2-30-14-11(6-26-7-12(14)27-16(30)13-15(25)29-31-28-13)8-3-9(17(19,20)21)5-10(4-8)18(22,23)24;/h3-7H,2H2,1H3,(H2,25,29);1H. The molecular weight excluding hydrogens is 466 g/mol. The van der Waals surface area contributed by atoms with Gasteiger partial charge in [-0.2, -0.15) is 26.3 Å². The first-order valence-corrected chi connectivity index (χ1v) is 8.73. The molecule has 32 heavy (non-hydrogen) atoms. The summed E-state index contributed by atoms with van der Waals surface area (Å²) in [6, 6.07) is 1.36. The Balaban J connectivity index is 0.00000289. The lowest BCUT2D eigenvalue weighted by Gasteiger charge is -2.15. The molecule has 0 aliphatic rings. The van der Waals surface area contributed by atoms with Crippen molar-refractivity contribution in [1.82, 2.24) is 24.8 Å². The van der Waals surface area contributed by atoms with Crippen LogP contribution in [0.5, 0.6) is 0 Å². The summed E-state index contributed by atoms with van der Waals surface area (Å²) in [6.07, 6.45) is -7.45. The third kappa shape index (κ3) is 3.95. The molecular formula is C18H13ClF6N6O. The fourth-order valence-corrected chi connectivity index (χ4v) is 3.25. The van der Waals surface area contributed by atoms with Crippen LogP contribution in [-0.4, -0.2) is 24.8 Å². The lowest BCUT2D eigenvalue weighted by atomic mass is 9.99. The highest BCUT2D eigenvalue weighted by Gasteiger charge is 2.37. The van der Waals surface area contributed by atoms with Gasteiger partial charge in [-0.05, 0) is 41.0 Å². The van der Waals surface area contributed by atoms with Gasteiger partial charge in [0, 0.05) is 18.3 Å². The number of nitrogens with two attached hydrogens (primary N) is 1. The van der Waals surface area contributed by atoms with Crippen molar-refractivity contribution in [1.29, 1.82) is 0 Å². The number of pyridine rings is 1. The quantitative estimate of drug-likeness (QED) is 0.406. The first-order valence-electron chi connectivity index (χ1n) is 8.73. The Morgan fingerprint density at radius 1 is 0.969 bits per heavy atom. The van der Waals surface area contributed by atoms with Gasteiger partial charge in [0.15, 0.2) is 17.3 Å². The summed E-state index contributed by atoms with van der Waals surface area (Å²) in [7, 11) is 0. The van der Waals surface area contributed by atoms with Gasteiger partial charge in [-0.25, -0.2) is 9.61 Å². The largest absolute Gasteiger partial charge is 0.416 e. The Kier molecular flexibility index (Phi) is 5.80. The highest BCUT2D eigenvalue weighted by Crippen LogP contribution is 2.40. The van der Waals surface area contributed by atoms with Gasteiger partial charge in [0.05, 0.1) is 22.8 Å². The molecule has 0 aliphatic heterocycles. The van der Waals surface area contributed by atoms with E-state index in [9.17, 15) is 26.3 Å². The molecule has 2 N–H and O–H groups in total. The Labute approximate surface area is 181 Å². The molecule has 14 heteroatoms. The van der Waals surface area contributed by atoms with Crippen molar-refractivity contribution < 1.29 is 31.0 Å². The monoisotopic (exact) mass is 478 g/mol. The predicted molar refractivity (Wildman–Crippen MR) is 104 cm³/mol. The molecule has 0 saturated heterocycles. The van der Waals surface area contributed by atoms with Crippen molar-refractivity contribution in [2.75, 3.05) is 5.73 Å². The molecule has 3 aromatic heterocycles. The van der Waals surface area contributed by atoms with Crippen molar-refractivity contribution >= 4 is 29.3 Å². The summed E-state index contributed by atoms with van der Waals surface area (Å²) >= 11 is 0. The first kappa shape index (κ1) is 23.3. The van der Waals surface area contributed by atoms with E-state index in [-0.39, 0.29) is 64.5 Å². The summed E-state index contributed by atoms with van der Waals surface area (Å²) < 4.78 is 85.9. The van der Waals surface area contributed by atoms with Crippen LogP contribution in [0.2, 0.25) is 0 Å². The van der Waals surface area contributed by atoms with Gasteiger partial charge >= 0.3 is 12.4 Å². The van der Waals surface area contributed by atoms with Crippen molar-refractivity contribution in [3.8, 4) is 22.6 Å². The topological polar surface area (TPSA) is 95.7 Å². The van der Waals surface area contributed by atoms with E-state index in [1.807, 2.05) is 0 Å². The number of imidazole rings is 1. The van der Waals surface area contributed by atoms with Crippen LogP contribution >= 0.6 is 12.4 Å². The molecule has 0 atom stereocenters. The molecule has 1 aromatic carbocycles. The Bertz CT molecular complexity index is 1250. The number of hydrogen-bond donors (Lipinski definition) is 1. The van der Waals surface area contributed by atoms with Gasteiger partial charge in [-0.3, -0.25) is 4.98 Å². The summed E-state index contributed by atoms with van der Waals surface area (Å²) in [5.41, 5.74) is 3.16. The van der Waals surface area contributed by atoms with Crippen LogP contribution in [0.25, 0.3) is 33.7 Å². The van der Waals surface area contributed by atoms with E-state index in [1.54, 1.807) is 6.92 Å². The van der Waals surface area contributed by atoms with E-state index in [2.05, 4.69) is 24.9 Å². The molecule has 0 spiro atoms. The van der Waals surface area contributed by atoms with Crippen molar-refractivity contribution in [3.05, 3.63) is 41.7 Å². The Morgan fingerprint density at radius 3 is 2.09 bits per heavy atom. The van der Waals surface area contributed by atoms with Gasteiger partial charge in [0.25, 0.3) is 0 Å². The fourth-order valence-electron chi connectivity index (χ4n) is 3.25. The molecule has 0 fully saturated rings. The highest BCUT2D eigenvalue weighted by molar-refractivity contribution is 5.94. The zero-order valence-electron chi connectivity index (χ0n) is 16.0. The molecule has 4 aromatic rings. The van der Waals surface area contributed by atoms with Crippen molar-refractivity contribution in [2.45, 2.75) is 25.8 Å². The van der Waals surface area contributed by atoms with Gasteiger partial charge in [0.2, 0.25) is 0 Å². The third-order valence-electron chi connectivity index (χ3n) is 4.59. The lowest BCUT2D eigenvalue weighted by Crippen LogP contribution is -2.11. The van der Waals surface area contributed by atoms with Gasteiger partial charge in [-0.15, -0.1) is 12.4 Å². The maximum absolute atomic E-state index is 13.3. The number of nitrogen functional groups attached to an aromatic ring is 1. The molecule has 170 valence electrons. The minimum absolute atomic E-state index is 0. The van der Waals surface area contributed by atoms with Crippen LogP contribution in [0.3, 0.4) is 0 Å². The minimum Gasteiger partial charge on any atom is -0.379 e. The number of benzene rings is 1. The van der Waals surface area contributed by atoms with Crippen LogP contribution in [-0.2, 0) is 18.9 Å². The average molecular weight is 479 g/mol. The number of alkyl halides is 6. The summed E-state index contributed by atoms with van der Waals surface area (Å²) in [5, 5.41) is 7.14. The second-order valence-electron chi connectivity index (χ2n) is 6.53. The average Bonchev–Trinajstić information content (AvgIpc) is 3.28. The van der Waals surface area contributed by atoms with Crippen LogP contribution < -0.4 is 5.73 Å². The molecule has 4 rings (SSSR count). The maximum Gasteiger partial charge on any atom is 0.416 e. The van der Waals surface area contributed by atoms with Crippen LogP contribution in [0.1, 0.15) is 18.1 Å². The fraction of sp³-hybridized carbons (Fsp3) is 0.222. The number of fused-ring (bicyclic) bond motifs is 1. The highest BCUT2D eigenvalue weighted by atomic mass is 35.5. The van der Waals surface area contributed by atoms with Crippen molar-refractivity contribution in [2.24, 2.45) is 0 Å². The lowest BCUT2D eigenvalue weighted by molar-refractivity contribution is -0.143. The number of hydrogen-bond acceptors (Lipinski definition) is 6. The normalized spacial score (nSPS) is 12.2. The molecule has 7 nitrogen and oxygen atoms in total. The van der Waals surface area contributed by atoms with Gasteiger partial charge < -0.3 is 10.3 Å². The number of rotatable bonds is 3. The van der Waals surface area contributed by atoms with E-state index in [0.29, 0.717) is 12.1 Å². The molecule has 0 radical (unpaired) electrons. The zero-order valence-corrected chi connectivity index (χ0v) is 16.8. The number of halogens is 7. The van der Waals surface area contributed by atoms with E-state index in [0.717, 1.165) is 0 Å². The summed E-state index contributed by atoms with van der Waals surface area (Å²) in [4.78, 5) is 8.27. The predicted octanol–water partition coefficient (Wildman–Crippen LogP) is 5.21. The molecule has 0 bridgehead atoms. The zero-order chi connectivity index (χ0) is 22.6. The minimum atomic E-state index is -4.98. The van der Waals surface area contributed by atoms with Crippen LogP contribution in [0, 0.1) is 0 Å². The molecule has 0 aliphatic carbocycles. The van der Waals surface area contributed by atoms with E-state index in [1.165, 1.54) is 17.0 Å². The summed E-state index contributed by atoms with van der Waals surface area (Å²) in [6.45, 7) is 1.96. The Hall–Kier alpha value is -3.35. The van der Waals surface area contributed by atoms with Gasteiger partial charge in [0.1, 0.15) is 5.52 Å².